The number of hydrogen-bond acceptors (Lipinski definition) is 7. The van der Waals surface area contributed by atoms with Crippen LogP contribution in [0, 0.1) is 17.2 Å². The molecular formula is C34H37N7O7S2. The molecule has 4 heterocycles. The Morgan fingerprint density at radius 2 is 1.66 bits per heavy atom. The number of sulfonamides is 2. The van der Waals surface area contributed by atoms with E-state index in [2.05, 4.69) is 20.8 Å². The van der Waals surface area contributed by atoms with Crippen molar-refractivity contribution in [1.82, 2.24) is 24.2 Å². The molecule has 1 aliphatic rings. The summed E-state index contributed by atoms with van der Waals surface area (Å²) in [5.41, 5.74) is 2.06. The van der Waals surface area contributed by atoms with Gasteiger partial charge in [-0.25, -0.2) is 26.8 Å². The molecule has 0 radical (unpaired) electrons. The zero-order valence-corrected chi connectivity index (χ0v) is 28.7. The maximum Gasteiger partial charge on any atom is 0.330 e. The molecule has 50 heavy (non-hydrogen) atoms. The minimum atomic E-state index is -4.07. The van der Waals surface area contributed by atoms with Crippen LogP contribution in [0.3, 0.4) is 0 Å². The first-order chi connectivity index (χ1) is 23.8. The third kappa shape index (κ3) is 8.32. The molecule has 1 amide bonds. The number of rotatable bonds is 10. The molecule has 14 nitrogen and oxygen atoms in total. The summed E-state index contributed by atoms with van der Waals surface area (Å²) in [5.74, 6) is -1.51. The standard InChI is InChI=1S/C26H29N5O5S.C8H8N2O2S/c1-18(26(33)34)15-19-5-3-13-31(17-19)25(32)23(10-14-30-12-4-6-20(30)16-27)29-37(35,36)24-8-2-7-22-21(24)9-11-28-22;9-13(11,12)8-3-1-2-7-6(8)4-5-10-7/h2,4,6-9,11-12,15,19,23,28-29H,3,5,10,13-14,17H2,1H3,(H,33,34);1-5,10H,(H2,9,11,12). The van der Waals surface area contributed by atoms with E-state index in [4.69, 9.17) is 5.14 Å². The van der Waals surface area contributed by atoms with Crippen LogP contribution >= 0.6 is 0 Å². The van der Waals surface area contributed by atoms with Crippen LogP contribution in [0.15, 0.2) is 101 Å². The van der Waals surface area contributed by atoms with Gasteiger partial charge in [0.15, 0.2) is 0 Å². The molecule has 0 aliphatic carbocycles. The van der Waals surface area contributed by atoms with Crippen molar-refractivity contribution in [1.29, 1.82) is 5.26 Å². The number of aryl methyl sites for hydroxylation is 1. The van der Waals surface area contributed by atoms with E-state index in [1.165, 1.54) is 19.1 Å². The lowest BCUT2D eigenvalue weighted by Crippen LogP contribution is -2.51. The fraction of sp³-hybridized carbons (Fsp3) is 0.265. The lowest BCUT2D eigenvalue weighted by molar-refractivity contribution is -0.134. The largest absolute Gasteiger partial charge is 0.478 e. The van der Waals surface area contributed by atoms with Crippen LogP contribution in [0.2, 0.25) is 0 Å². The fourth-order valence-electron chi connectivity index (χ4n) is 6.05. The Bertz CT molecular complexity index is 2310. The van der Waals surface area contributed by atoms with Crippen molar-refractivity contribution in [2.75, 3.05) is 13.1 Å². The first-order valence-electron chi connectivity index (χ1n) is 15.7. The van der Waals surface area contributed by atoms with Crippen molar-refractivity contribution in [3.63, 3.8) is 0 Å². The number of carboxylic acid groups (broad SMARTS) is 1. The summed E-state index contributed by atoms with van der Waals surface area (Å²) in [4.78, 5) is 32.7. The van der Waals surface area contributed by atoms with E-state index in [0.29, 0.717) is 41.5 Å². The molecule has 6 N–H and O–H groups in total. The maximum absolute atomic E-state index is 13.7. The SMILES string of the molecule is CC(=CC1CCCN(C(=O)C(CCn2cccc2C#N)NS(=O)(=O)c2cccc3[nH]ccc23)C1)C(=O)O.NS(=O)(=O)c1cccc2[nH]ccc12. The van der Waals surface area contributed by atoms with Crippen molar-refractivity contribution in [3.8, 4) is 6.07 Å². The van der Waals surface area contributed by atoms with Gasteiger partial charge in [0.1, 0.15) is 17.8 Å². The van der Waals surface area contributed by atoms with Gasteiger partial charge in [0.05, 0.1) is 9.79 Å². The minimum Gasteiger partial charge on any atom is -0.478 e. The smallest absolute Gasteiger partial charge is 0.330 e. The summed E-state index contributed by atoms with van der Waals surface area (Å²) in [6.45, 7) is 2.54. The number of nitrogens with zero attached hydrogens (tertiary/aromatic N) is 3. The van der Waals surface area contributed by atoms with Crippen molar-refractivity contribution >= 4 is 53.7 Å². The molecule has 2 unspecified atom stereocenters. The Morgan fingerprint density at radius 3 is 2.28 bits per heavy atom. The van der Waals surface area contributed by atoms with Crippen molar-refractivity contribution in [2.45, 2.75) is 48.6 Å². The molecule has 3 aromatic heterocycles. The number of benzene rings is 2. The molecule has 6 rings (SSSR count). The second-order valence-electron chi connectivity index (χ2n) is 11.9. The summed E-state index contributed by atoms with van der Waals surface area (Å²) in [6.07, 6.45) is 8.27. The number of amides is 1. The molecule has 2 atom stereocenters. The van der Waals surface area contributed by atoms with Crippen LogP contribution in [0.4, 0.5) is 0 Å². The zero-order chi connectivity index (χ0) is 36.1. The van der Waals surface area contributed by atoms with E-state index < -0.39 is 32.1 Å². The lowest BCUT2D eigenvalue weighted by atomic mass is 9.95. The summed E-state index contributed by atoms with van der Waals surface area (Å²) in [6, 6.07) is 17.6. The molecular weight excluding hydrogens is 683 g/mol. The number of carbonyl (C=O) groups excluding carboxylic acids is 1. The van der Waals surface area contributed by atoms with Gasteiger partial charge in [-0.15, -0.1) is 0 Å². The van der Waals surface area contributed by atoms with E-state index in [9.17, 15) is 36.8 Å². The third-order valence-electron chi connectivity index (χ3n) is 8.50. The number of piperidine rings is 1. The molecule has 0 saturated carbocycles. The number of primary sulfonamides is 1. The van der Waals surface area contributed by atoms with Crippen molar-refractivity contribution < 1.29 is 31.5 Å². The predicted octanol–water partition coefficient (Wildman–Crippen LogP) is 3.66. The Balaban J connectivity index is 0.000000311. The number of nitriles is 1. The number of nitrogens with one attached hydrogen (secondary N) is 3. The number of carbonyl (C=O) groups is 2. The van der Waals surface area contributed by atoms with E-state index in [0.717, 1.165) is 11.9 Å². The van der Waals surface area contributed by atoms with Crippen LogP contribution in [0.1, 0.15) is 31.9 Å². The van der Waals surface area contributed by atoms with E-state index in [-0.39, 0.29) is 40.2 Å². The molecule has 16 heteroatoms. The molecule has 2 aromatic carbocycles. The molecule has 0 bridgehead atoms. The first kappa shape index (κ1) is 36.1. The van der Waals surface area contributed by atoms with Crippen molar-refractivity contribution in [2.24, 2.45) is 11.1 Å². The highest BCUT2D eigenvalue weighted by Crippen LogP contribution is 2.25. The number of hydrogen-bond donors (Lipinski definition) is 5. The number of nitrogens with two attached hydrogens (primary N) is 1. The summed E-state index contributed by atoms with van der Waals surface area (Å²) in [5, 5.41) is 24.7. The minimum absolute atomic E-state index is 0.0688. The number of H-pyrrole nitrogens is 2. The Morgan fingerprint density at radius 1 is 1.02 bits per heavy atom. The summed E-state index contributed by atoms with van der Waals surface area (Å²) >= 11 is 0. The van der Waals surface area contributed by atoms with Gasteiger partial charge in [-0.3, -0.25) is 4.79 Å². The van der Waals surface area contributed by atoms with Crippen LogP contribution in [0.25, 0.3) is 21.8 Å². The van der Waals surface area contributed by atoms with E-state index in [1.54, 1.807) is 82.7 Å². The number of aromatic nitrogens is 3. The molecule has 0 spiro atoms. The number of aromatic amines is 2. The second kappa shape index (κ2) is 15.1. The summed E-state index contributed by atoms with van der Waals surface area (Å²) in [7, 11) is -7.69. The molecule has 1 aliphatic heterocycles. The third-order valence-corrected chi connectivity index (χ3v) is 11.0. The van der Waals surface area contributed by atoms with Crippen LogP contribution in [-0.4, -0.2) is 72.4 Å². The fourth-order valence-corrected chi connectivity index (χ4v) is 8.25. The highest BCUT2D eigenvalue weighted by molar-refractivity contribution is 7.90. The molecule has 5 aromatic rings. The first-order valence-corrected chi connectivity index (χ1v) is 18.7. The topological polar surface area (TPSA) is 224 Å². The monoisotopic (exact) mass is 719 g/mol. The quantitative estimate of drug-likeness (QED) is 0.134. The highest BCUT2D eigenvalue weighted by atomic mass is 32.2. The van der Waals surface area contributed by atoms with Gasteiger partial charge in [-0.05, 0) is 80.6 Å². The Kier molecular flexibility index (Phi) is 10.9. The molecule has 1 fully saturated rings. The van der Waals surface area contributed by atoms with E-state index >= 15 is 0 Å². The van der Waals surface area contributed by atoms with Crippen LogP contribution < -0.4 is 9.86 Å². The van der Waals surface area contributed by atoms with E-state index in [1.807, 2.05) is 0 Å². The number of carboxylic acids is 1. The number of likely N-dealkylation sites (tertiary alicyclic amines) is 1. The van der Waals surface area contributed by atoms with Gasteiger partial charge in [-0.1, -0.05) is 18.2 Å². The average molecular weight is 720 g/mol. The zero-order valence-electron chi connectivity index (χ0n) is 27.1. The van der Waals surface area contributed by atoms with Crippen LogP contribution in [-0.2, 0) is 36.2 Å². The Hall–Kier alpha value is -5.21. The normalized spacial score (nSPS) is 16.1. The second-order valence-corrected chi connectivity index (χ2v) is 15.1. The Labute approximate surface area is 289 Å². The highest BCUT2D eigenvalue weighted by Gasteiger charge is 2.32. The van der Waals surface area contributed by atoms with Gasteiger partial charge in [0.2, 0.25) is 26.0 Å². The molecule has 1 saturated heterocycles. The number of fused-ring (bicyclic) bond motifs is 2. The summed E-state index contributed by atoms with van der Waals surface area (Å²) < 4.78 is 53.5. The van der Waals surface area contributed by atoms with Crippen molar-refractivity contribution in [3.05, 3.63) is 96.6 Å². The van der Waals surface area contributed by atoms with Gasteiger partial charge >= 0.3 is 5.97 Å². The van der Waals surface area contributed by atoms with Crippen LogP contribution in [0.5, 0.6) is 0 Å². The number of aliphatic carboxylic acids is 1. The maximum atomic E-state index is 13.7. The predicted molar refractivity (Wildman–Crippen MR) is 187 cm³/mol. The van der Waals surface area contributed by atoms with Gasteiger partial charge < -0.3 is 24.5 Å². The van der Waals surface area contributed by atoms with Gasteiger partial charge in [0, 0.05) is 65.6 Å². The van der Waals surface area contributed by atoms with Gasteiger partial charge in [-0.2, -0.15) is 9.98 Å². The lowest BCUT2D eigenvalue weighted by Gasteiger charge is -2.34. The average Bonchev–Trinajstić information content (AvgIpc) is 3.86. The molecule has 262 valence electrons. The van der Waals surface area contributed by atoms with Gasteiger partial charge in [0.25, 0.3) is 0 Å².